The molecule has 0 aromatic heterocycles. The van der Waals surface area contributed by atoms with Crippen molar-refractivity contribution < 1.29 is 24.3 Å². The highest BCUT2D eigenvalue weighted by molar-refractivity contribution is 5.86. The summed E-state index contributed by atoms with van der Waals surface area (Å²) in [7, 11) is 0. The molecule has 9 heteroatoms. The first kappa shape index (κ1) is 23.1. The van der Waals surface area contributed by atoms with E-state index < -0.39 is 23.6 Å². The number of aldehydes is 1. The molecule has 0 bridgehead atoms. The van der Waals surface area contributed by atoms with Crippen LogP contribution in [0.5, 0.6) is 0 Å². The van der Waals surface area contributed by atoms with Gasteiger partial charge < -0.3 is 31.2 Å². The average Bonchev–Trinajstić information content (AvgIpc) is 3.35. The van der Waals surface area contributed by atoms with Crippen molar-refractivity contribution in [3.63, 3.8) is 0 Å². The molecule has 0 aromatic rings. The second-order valence-electron chi connectivity index (χ2n) is 9.30. The van der Waals surface area contributed by atoms with Gasteiger partial charge in [0.1, 0.15) is 12.3 Å². The van der Waals surface area contributed by atoms with Crippen LogP contribution in [0.25, 0.3) is 0 Å². The van der Waals surface area contributed by atoms with Crippen LogP contribution in [-0.2, 0) is 14.4 Å². The molecule has 29 heavy (non-hydrogen) atoms. The Bertz CT molecular complexity index is 614. The molecule has 1 aliphatic carbocycles. The topological polar surface area (TPSA) is 137 Å². The van der Waals surface area contributed by atoms with Crippen LogP contribution in [0.2, 0.25) is 0 Å². The molecular formula is C20H34N4O5. The molecule has 9 nitrogen and oxygen atoms in total. The normalized spacial score (nSPS) is 22.3. The Morgan fingerprint density at radius 1 is 1.21 bits per heavy atom. The number of hydrogen-bond donors (Lipinski definition) is 5. The van der Waals surface area contributed by atoms with E-state index in [-0.39, 0.29) is 23.8 Å². The molecule has 0 spiro atoms. The van der Waals surface area contributed by atoms with Gasteiger partial charge in [-0.15, -0.1) is 0 Å². The SMILES string of the molecule is CC(C)(C)[C@H](NC(=O)O)C(=O)N[C@H](CN[C@H](C=O)C[C@@H]1CCNC1=O)CC1CC1. The lowest BCUT2D eigenvalue weighted by molar-refractivity contribution is -0.126. The highest BCUT2D eigenvalue weighted by Gasteiger charge is 2.35. The zero-order valence-corrected chi connectivity index (χ0v) is 17.5. The number of carbonyl (C=O) groups excluding carboxylic acids is 3. The summed E-state index contributed by atoms with van der Waals surface area (Å²) in [6.45, 7) is 6.44. The molecule has 2 aliphatic rings. The molecule has 1 heterocycles. The number of hydrogen-bond acceptors (Lipinski definition) is 5. The molecule has 2 fully saturated rings. The van der Waals surface area contributed by atoms with E-state index in [1.165, 1.54) is 0 Å². The standard InChI is InChI=1S/C20H34N4O5/c1-20(2,3)16(24-19(28)29)18(27)23-14(8-12-4-5-12)10-22-15(11-25)9-13-6-7-21-17(13)26/h11-16,22,24H,4-10H2,1-3H3,(H,21,26)(H,23,27)(H,28,29)/t13-,14-,15-,16+/m0/s1. The van der Waals surface area contributed by atoms with E-state index >= 15 is 0 Å². The summed E-state index contributed by atoms with van der Waals surface area (Å²) in [6.07, 6.45) is 3.73. The van der Waals surface area contributed by atoms with Crippen LogP contribution in [0.1, 0.15) is 52.9 Å². The lowest BCUT2D eigenvalue weighted by Crippen LogP contribution is -2.57. The fourth-order valence-electron chi connectivity index (χ4n) is 3.69. The van der Waals surface area contributed by atoms with Crippen LogP contribution in [0, 0.1) is 17.3 Å². The maximum atomic E-state index is 12.8. The first-order valence-corrected chi connectivity index (χ1v) is 10.4. The van der Waals surface area contributed by atoms with Gasteiger partial charge in [0.2, 0.25) is 11.8 Å². The first-order chi connectivity index (χ1) is 13.6. The van der Waals surface area contributed by atoms with Gasteiger partial charge in [-0.2, -0.15) is 0 Å². The van der Waals surface area contributed by atoms with E-state index in [1.54, 1.807) is 20.8 Å². The van der Waals surface area contributed by atoms with Crippen molar-refractivity contribution in [2.45, 2.75) is 71.0 Å². The molecule has 2 rings (SSSR count). The van der Waals surface area contributed by atoms with Gasteiger partial charge in [0.05, 0.1) is 6.04 Å². The van der Waals surface area contributed by atoms with Crippen LogP contribution < -0.4 is 21.3 Å². The monoisotopic (exact) mass is 410 g/mol. The van der Waals surface area contributed by atoms with E-state index in [0.29, 0.717) is 25.4 Å². The fraction of sp³-hybridized carbons (Fsp3) is 0.800. The number of rotatable bonds is 11. The summed E-state index contributed by atoms with van der Waals surface area (Å²) < 4.78 is 0. The molecule has 164 valence electrons. The summed E-state index contributed by atoms with van der Waals surface area (Å²) in [6, 6.07) is -1.56. The lowest BCUT2D eigenvalue weighted by atomic mass is 9.86. The molecule has 4 atom stereocenters. The first-order valence-electron chi connectivity index (χ1n) is 10.4. The predicted molar refractivity (Wildman–Crippen MR) is 107 cm³/mol. The van der Waals surface area contributed by atoms with Crippen molar-refractivity contribution >= 4 is 24.2 Å². The third kappa shape index (κ3) is 7.64. The van der Waals surface area contributed by atoms with Gasteiger partial charge in [-0.3, -0.25) is 9.59 Å². The minimum Gasteiger partial charge on any atom is -0.465 e. The van der Waals surface area contributed by atoms with Crippen molar-refractivity contribution in [3.05, 3.63) is 0 Å². The molecule has 1 saturated heterocycles. The molecule has 3 amide bonds. The molecule has 1 aliphatic heterocycles. The Balaban J connectivity index is 1.94. The molecular weight excluding hydrogens is 376 g/mol. The van der Waals surface area contributed by atoms with Crippen LogP contribution in [-0.4, -0.2) is 60.5 Å². The summed E-state index contributed by atoms with van der Waals surface area (Å²) in [4.78, 5) is 47.1. The maximum absolute atomic E-state index is 12.8. The summed E-state index contributed by atoms with van der Waals surface area (Å²) in [5.74, 6) is -0.0171. The highest BCUT2D eigenvalue weighted by Crippen LogP contribution is 2.33. The molecule has 5 N–H and O–H groups in total. The Morgan fingerprint density at radius 2 is 1.90 bits per heavy atom. The Morgan fingerprint density at radius 3 is 2.38 bits per heavy atom. The number of carboxylic acid groups (broad SMARTS) is 1. The summed E-state index contributed by atoms with van der Waals surface area (Å²) in [5.41, 5.74) is -0.582. The second-order valence-corrected chi connectivity index (χ2v) is 9.30. The van der Waals surface area contributed by atoms with E-state index in [4.69, 9.17) is 5.11 Å². The van der Waals surface area contributed by atoms with Crippen molar-refractivity contribution in [1.82, 2.24) is 21.3 Å². The minimum atomic E-state index is -1.24. The number of amides is 3. The quantitative estimate of drug-likeness (QED) is 0.317. The smallest absolute Gasteiger partial charge is 0.405 e. The third-order valence-electron chi connectivity index (χ3n) is 5.55. The predicted octanol–water partition coefficient (Wildman–Crippen LogP) is 0.637. The van der Waals surface area contributed by atoms with Crippen LogP contribution in [0.3, 0.4) is 0 Å². The lowest BCUT2D eigenvalue weighted by Gasteiger charge is -2.31. The van der Waals surface area contributed by atoms with Gasteiger partial charge in [0.15, 0.2) is 0 Å². The number of nitrogens with one attached hydrogen (secondary N) is 4. The molecule has 0 unspecified atom stereocenters. The van der Waals surface area contributed by atoms with Gasteiger partial charge in [0.25, 0.3) is 0 Å². The van der Waals surface area contributed by atoms with E-state index in [2.05, 4.69) is 21.3 Å². The number of carbonyl (C=O) groups is 4. The van der Waals surface area contributed by atoms with Crippen molar-refractivity contribution in [1.29, 1.82) is 0 Å². The second kappa shape index (κ2) is 10.0. The Hall–Kier alpha value is -2.16. The van der Waals surface area contributed by atoms with Crippen molar-refractivity contribution in [2.24, 2.45) is 17.3 Å². The average molecular weight is 411 g/mol. The Kier molecular flexibility index (Phi) is 8.01. The summed E-state index contributed by atoms with van der Waals surface area (Å²) >= 11 is 0. The van der Waals surface area contributed by atoms with Gasteiger partial charge in [-0.05, 0) is 30.6 Å². The molecule has 1 saturated carbocycles. The van der Waals surface area contributed by atoms with Gasteiger partial charge in [0, 0.05) is 25.0 Å². The largest absolute Gasteiger partial charge is 0.465 e. The fourth-order valence-corrected chi connectivity index (χ4v) is 3.69. The molecule has 0 aromatic carbocycles. The van der Waals surface area contributed by atoms with E-state index in [9.17, 15) is 19.2 Å². The maximum Gasteiger partial charge on any atom is 0.405 e. The van der Waals surface area contributed by atoms with Crippen LogP contribution >= 0.6 is 0 Å². The Labute approximate surface area is 171 Å². The third-order valence-corrected chi connectivity index (χ3v) is 5.55. The van der Waals surface area contributed by atoms with E-state index in [1.807, 2.05) is 0 Å². The van der Waals surface area contributed by atoms with Crippen LogP contribution in [0.4, 0.5) is 4.79 Å². The zero-order chi connectivity index (χ0) is 21.6. The van der Waals surface area contributed by atoms with Crippen LogP contribution in [0.15, 0.2) is 0 Å². The van der Waals surface area contributed by atoms with Crippen molar-refractivity contribution in [2.75, 3.05) is 13.1 Å². The van der Waals surface area contributed by atoms with Gasteiger partial charge in [-0.25, -0.2) is 4.79 Å². The molecule has 0 radical (unpaired) electrons. The highest BCUT2D eigenvalue weighted by atomic mass is 16.4. The van der Waals surface area contributed by atoms with Gasteiger partial charge in [-0.1, -0.05) is 33.6 Å². The van der Waals surface area contributed by atoms with E-state index in [0.717, 1.165) is 32.0 Å². The minimum absolute atomic E-state index is 0.0192. The zero-order valence-electron chi connectivity index (χ0n) is 17.5. The van der Waals surface area contributed by atoms with Gasteiger partial charge >= 0.3 is 6.09 Å². The van der Waals surface area contributed by atoms with Crippen molar-refractivity contribution in [3.8, 4) is 0 Å². The summed E-state index contributed by atoms with van der Waals surface area (Å²) in [5, 5.41) is 20.3.